The molecule has 0 saturated heterocycles. The molecule has 0 radical (unpaired) electrons. The number of amides is 1. The smallest absolute Gasteiger partial charge is 0.341 e. The Labute approximate surface area is 204 Å². The average Bonchev–Trinajstić information content (AvgIpc) is 3.25. The normalized spacial score (nSPS) is 11.9. The predicted molar refractivity (Wildman–Crippen MR) is 132 cm³/mol. The van der Waals surface area contributed by atoms with Crippen molar-refractivity contribution in [2.24, 2.45) is 0 Å². The van der Waals surface area contributed by atoms with Gasteiger partial charge in [-0.15, -0.1) is 11.3 Å². The molecule has 1 aliphatic carbocycles. The van der Waals surface area contributed by atoms with Crippen LogP contribution in [0.15, 0.2) is 54.9 Å². The van der Waals surface area contributed by atoms with Crippen LogP contribution in [-0.4, -0.2) is 41.0 Å². The summed E-state index contributed by atoms with van der Waals surface area (Å²) in [4.78, 5) is 47.5. The van der Waals surface area contributed by atoms with Crippen molar-refractivity contribution in [2.75, 3.05) is 18.5 Å². The summed E-state index contributed by atoms with van der Waals surface area (Å²) in [5.41, 5.74) is 4.65. The Balaban J connectivity index is 1.37. The first-order chi connectivity index (χ1) is 17.1. The van der Waals surface area contributed by atoms with Gasteiger partial charge in [0.25, 0.3) is 5.91 Å². The van der Waals surface area contributed by atoms with Gasteiger partial charge in [-0.2, -0.15) is 0 Å². The molecule has 0 fully saturated rings. The van der Waals surface area contributed by atoms with E-state index in [2.05, 4.69) is 21.4 Å². The third-order valence-electron chi connectivity index (χ3n) is 5.70. The first kappa shape index (κ1) is 22.7. The number of benzene rings is 2. The maximum Gasteiger partial charge on any atom is 0.341 e. The number of anilines is 1. The van der Waals surface area contributed by atoms with Crippen LogP contribution in [0.5, 0.6) is 0 Å². The number of thiophene rings is 1. The summed E-state index contributed by atoms with van der Waals surface area (Å²) in [5, 5.41) is 3.15. The monoisotopic (exact) mass is 487 g/mol. The molecule has 1 amide bonds. The minimum atomic E-state index is -0.684. The highest BCUT2D eigenvalue weighted by atomic mass is 32.1. The van der Waals surface area contributed by atoms with Gasteiger partial charge >= 0.3 is 11.9 Å². The third-order valence-corrected chi connectivity index (χ3v) is 6.88. The van der Waals surface area contributed by atoms with Gasteiger partial charge in [0.2, 0.25) is 0 Å². The molecule has 2 aromatic heterocycles. The molecule has 4 aromatic rings. The standard InChI is InChI=1S/C26H21N3O5S/c1-2-33-26(32)21-17-11-10-15-6-3-4-7-16(15)23(17)35-24(21)29-20(30)14-34-25(31)18-8-5-9-19-22(18)28-13-12-27-19/h3-9,12-13H,2,10-11,14H2,1H3,(H,29,30). The fourth-order valence-corrected chi connectivity index (χ4v) is 5.49. The van der Waals surface area contributed by atoms with E-state index in [4.69, 9.17) is 9.47 Å². The summed E-state index contributed by atoms with van der Waals surface area (Å²) < 4.78 is 10.5. The Kier molecular flexibility index (Phi) is 6.24. The van der Waals surface area contributed by atoms with Crippen LogP contribution in [0.1, 0.15) is 38.8 Å². The molecule has 0 saturated carbocycles. The molecule has 0 aliphatic heterocycles. The largest absolute Gasteiger partial charge is 0.462 e. The molecule has 2 aromatic carbocycles. The number of rotatable bonds is 6. The van der Waals surface area contributed by atoms with E-state index in [0.29, 0.717) is 28.0 Å². The number of aromatic nitrogens is 2. The van der Waals surface area contributed by atoms with E-state index in [9.17, 15) is 14.4 Å². The van der Waals surface area contributed by atoms with Crippen molar-refractivity contribution < 1.29 is 23.9 Å². The molecule has 0 unspecified atom stereocenters. The minimum Gasteiger partial charge on any atom is -0.462 e. The quantitative estimate of drug-likeness (QED) is 0.401. The van der Waals surface area contributed by atoms with Crippen LogP contribution >= 0.6 is 11.3 Å². The average molecular weight is 488 g/mol. The number of aryl methyl sites for hydroxylation is 1. The lowest BCUT2D eigenvalue weighted by Gasteiger charge is -2.16. The van der Waals surface area contributed by atoms with Crippen LogP contribution in [0.25, 0.3) is 21.5 Å². The molecule has 9 heteroatoms. The third kappa shape index (κ3) is 4.38. The van der Waals surface area contributed by atoms with E-state index < -0.39 is 24.5 Å². The van der Waals surface area contributed by atoms with Crippen molar-refractivity contribution >= 4 is 45.2 Å². The highest BCUT2D eigenvalue weighted by Gasteiger charge is 2.29. The zero-order chi connectivity index (χ0) is 24.4. The van der Waals surface area contributed by atoms with E-state index >= 15 is 0 Å². The topological polar surface area (TPSA) is 107 Å². The Morgan fingerprint density at radius 3 is 2.66 bits per heavy atom. The van der Waals surface area contributed by atoms with Crippen LogP contribution < -0.4 is 5.32 Å². The number of para-hydroxylation sites is 1. The van der Waals surface area contributed by atoms with Gasteiger partial charge in [-0.05, 0) is 48.6 Å². The molecule has 5 rings (SSSR count). The van der Waals surface area contributed by atoms with E-state index in [1.807, 2.05) is 18.2 Å². The summed E-state index contributed by atoms with van der Waals surface area (Å²) in [7, 11) is 0. The van der Waals surface area contributed by atoms with Gasteiger partial charge in [0.1, 0.15) is 10.5 Å². The van der Waals surface area contributed by atoms with Gasteiger partial charge < -0.3 is 14.8 Å². The zero-order valence-electron chi connectivity index (χ0n) is 18.9. The van der Waals surface area contributed by atoms with Crippen molar-refractivity contribution in [1.29, 1.82) is 0 Å². The van der Waals surface area contributed by atoms with Gasteiger partial charge in [0, 0.05) is 17.3 Å². The van der Waals surface area contributed by atoms with Crippen molar-refractivity contribution in [3.63, 3.8) is 0 Å². The Morgan fingerprint density at radius 2 is 1.80 bits per heavy atom. The lowest BCUT2D eigenvalue weighted by Crippen LogP contribution is -2.22. The summed E-state index contributed by atoms with van der Waals surface area (Å²) in [6.07, 6.45) is 4.49. The Hall–Kier alpha value is -4.11. The molecule has 2 heterocycles. The molecular weight excluding hydrogens is 466 g/mol. The van der Waals surface area contributed by atoms with Gasteiger partial charge in [0.15, 0.2) is 6.61 Å². The van der Waals surface area contributed by atoms with Crippen LogP contribution in [0.3, 0.4) is 0 Å². The van der Waals surface area contributed by atoms with Gasteiger partial charge in [-0.25, -0.2) is 9.59 Å². The van der Waals surface area contributed by atoms with E-state index in [1.54, 1.807) is 25.1 Å². The molecule has 35 heavy (non-hydrogen) atoms. The van der Waals surface area contributed by atoms with Gasteiger partial charge in [0.05, 0.1) is 23.3 Å². The maximum atomic E-state index is 12.8. The summed E-state index contributed by atoms with van der Waals surface area (Å²) in [6, 6.07) is 13.0. The predicted octanol–water partition coefficient (Wildman–Crippen LogP) is 4.43. The lowest BCUT2D eigenvalue weighted by molar-refractivity contribution is -0.119. The number of esters is 2. The Bertz CT molecular complexity index is 1460. The number of carbonyl (C=O) groups is 3. The number of hydrogen-bond acceptors (Lipinski definition) is 8. The second-order valence-corrected chi connectivity index (χ2v) is 8.87. The van der Waals surface area contributed by atoms with Crippen LogP contribution in [0, 0.1) is 0 Å². The Morgan fingerprint density at radius 1 is 0.971 bits per heavy atom. The van der Waals surface area contributed by atoms with Crippen molar-refractivity contribution in [3.05, 3.63) is 77.1 Å². The SMILES string of the molecule is CCOC(=O)c1c(NC(=O)COC(=O)c2cccc3nccnc23)sc2c1CCc1ccccc1-2. The van der Waals surface area contributed by atoms with Gasteiger partial charge in [-0.1, -0.05) is 30.3 Å². The fraction of sp³-hybridized carbons (Fsp3) is 0.192. The number of ether oxygens (including phenoxy) is 2. The molecule has 1 N–H and O–H groups in total. The van der Waals surface area contributed by atoms with Crippen molar-refractivity contribution in [1.82, 2.24) is 9.97 Å². The van der Waals surface area contributed by atoms with Crippen LogP contribution in [0.2, 0.25) is 0 Å². The second kappa shape index (κ2) is 9.63. The van der Waals surface area contributed by atoms with Crippen LogP contribution in [-0.2, 0) is 27.1 Å². The highest BCUT2D eigenvalue weighted by Crippen LogP contribution is 2.45. The molecule has 1 aliphatic rings. The molecule has 0 spiro atoms. The molecule has 176 valence electrons. The summed E-state index contributed by atoms with van der Waals surface area (Å²) >= 11 is 1.33. The van der Waals surface area contributed by atoms with Gasteiger partial charge in [-0.3, -0.25) is 14.8 Å². The van der Waals surface area contributed by atoms with Crippen molar-refractivity contribution in [3.8, 4) is 10.4 Å². The molecule has 0 bridgehead atoms. The number of hydrogen-bond donors (Lipinski definition) is 1. The number of carbonyl (C=O) groups excluding carboxylic acids is 3. The van der Waals surface area contributed by atoms with Crippen molar-refractivity contribution in [2.45, 2.75) is 19.8 Å². The van der Waals surface area contributed by atoms with E-state index in [-0.39, 0.29) is 12.2 Å². The zero-order valence-corrected chi connectivity index (χ0v) is 19.7. The second-order valence-electron chi connectivity index (χ2n) is 7.85. The molecule has 0 atom stereocenters. The maximum absolute atomic E-state index is 12.8. The molecular formula is C26H21N3O5S. The number of nitrogens with zero attached hydrogens (tertiary/aromatic N) is 2. The molecule has 8 nitrogen and oxygen atoms in total. The van der Waals surface area contributed by atoms with E-state index in [1.165, 1.54) is 29.3 Å². The fourth-order valence-electron chi connectivity index (χ4n) is 4.18. The first-order valence-electron chi connectivity index (χ1n) is 11.1. The van der Waals surface area contributed by atoms with Crippen LogP contribution in [0.4, 0.5) is 5.00 Å². The highest BCUT2D eigenvalue weighted by molar-refractivity contribution is 7.20. The summed E-state index contributed by atoms with van der Waals surface area (Å²) in [6.45, 7) is 1.44. The number of nitrogens with one attached hydrogen (secondary N) is 1. The lowest BCUT2D eigenvalue weighted by atomic mass is 9.89. The minimum absolute atomic E-state index is 0.221. The summed E-state index contributed by atoms with van der Waals surface area (Å²) in [5.74, 6) is -1.72. The first-order valence-corrected chi connectivity index (χ1v) is 12.0. The number of fused-ring (bicyclic) bond motifs is 4. The van der Waals surface area contributed by atoms with E-state index in [0.717, 1.165) is 22.4 Å².